The van der Waals surface area contributed by atoms with Gasteiger partial charge in [-0.2, -0.15) is 5.10 Å². The molecular formula is C14H19N3O2. The van der Waals surface area contributed by atoms with Crippen molar-refractivity contribution in [1.29, 1.82) is 0 Å². The van der Waals surface area contributed by atoms with E-state index in [4.69, 9.17) is 4.74 Å². The second-order valence-corrected chi connectivity index (χ2v) is 4.46. The molecule has 0 fully saturated rings. The molecule has 0 spiro atoms. The fraction of sp³-hybridized carbons (Fsp3) is 0.429. The lowest BCUT2D eigenvalue weighted by atomic mass is 10.0. The largest absolute Gasteiger partial charge is 0.493 e. The maximum Gasteiger partial charge on any atom is 0.163 e. The normalized spacial score (nSPS) is 12.4. The SMILES string of the molecule is CCCn1ncc(OC)c1C(O)c1cnccc1C. The molecule has 0 saturated heterocycles. The van der Waals surface area contributed by atoms with Crippen LogP contribution in [0.2, 0.25) is 0 Å². The summed E-state index contributed by atoms with van der Waals surface area (Å²) in [4.78, 5) is 4.08. The van der Waals surface area contributed by atoms with Crippen LogP contribution in [0.25, 0.3) is 0 Å². The van der Waals surface area contributed by atoms with Gasteiger partial charge in [0.15, 0.2) is 5.75 Å². The zero-order valence-corrected chi connectivity index (χ0v) is 11.5. The Kier molecular flexibility index (Phi) is 4.16. The van der Waals surface area contributed by atoms with Crippen LogP contribution in [0.5, 0.6) is 5.75 Å². The third kappa shape index (κ3) is 2.61. The van der Waals surface area contributed by atoms with Gasteiger partial charge in [-0.05, 0) is 25.0 Å². The van der Waals surface area contributed by atoms with Crippen molar-refractivity contribution in [3.05, 3.63) is 41.5 Å². The Morgan fingerprint density at radius 3 is 2.84 bits per heavy atom. The summed E-state index contributed by atoms with van der Waals surface area (Å²) < 4.78 is 7.08. The first-order valence-electron chi connectivity index (χ1n) is 6.37. The maximum atomic E-state index is 10.6. The van der Waals surface area contributed by atoms with Crippen LogP contribution in [-0.2, 0) is 6.54 Å². The molecule has 2 heterocycles. The van der Waals surface area contributed by atoms with Gasteiger partial charge in [0.25, 0.3) is 0 Å². The number of ether oxygens (including phenoxy) is 1. The highest BCUT2D eigenvalue weighted by molar-refractivity contribution is 5.36. The van der Waals surface area contributed by atoms with E-state index in [9.17, 15) is 5.11 Å². The van der Waals surface area contributed by atoms with Gasteiger partial charge in [-0.1, -0.05) is 6.92 Å². The summed E-state index contributed by atoms with van der Waals surface area (Å²) in [5.41, 5.74) is 2.45. The van der Waals surface area contributed by atoms with E-state index in [1.807, 2.05) is 13.0 Å². The van der Waals surface area contributed by atoms with Crippen LogP contribution in [0.15, 0.2) is 24.7 Å². The fourth-order valence-electron chi connectivity index (χ4n) is 2.11. The number of methoxy groups -OCH3 is 1. The molecule has 0 aliphatic carbocycles. The van der Waals surface area contributed by atoms with Crippen LogP contribution in [0.3, 0.4) is 0 Å². The van der Waals surface area contributed by atoms with Crippen molar-refractivity contribution in [2.24, 2.45) is 0 Å². The summed E-state index contributed by atoms with van der Waals surface area (Å²) in [6.45, 7) is 4.77. The van der Waals surface area contributed by atoms with Gasteiger partial charge < -0.3 is 9.84 Å². The van der Waals surface area contributed by atoms with Gasteiger partial charge in [0.2, 0.25) is 0 Å². The quantitative estimate of drug-likeness (QED) is 0.895. The highest BCUT2D eigenvalue weighted by Gasteiger charge is 2.22. The Labute approximate surface area is 112 Å². The Hall–Kier alpha value is -1.88. The molecule has 0 aliphatic rings. The summed E-state index contributed by atoms with van der Waals surface area (Å²) in [7, 11) is 1.58. The monoisotopic (exact) mass is 261 g/mol. The van der Waals surface area contributed by atoms with Gasteiger partial charge in [0.1, 0.15) is 11.8 Å². The zero-order valence-electron chi connectivity index (χ0n) is 11.5. The predicted octanol–water partition coefficient (Wildman–Crippen LogP) is 2.09. The lowest BCUT2D eigenvalue weighted by Crippen LogP contribution is -2.12. The van der Waals surface area contributed by atoms with E-state index in [2.05, 4.69) is 17.0 Å². The Morgan fingerprint density at radius 2 is 2.21 bits per heavy atom. The zero-order chi connectivity index (χ0) is 13.8. The number of pyridine rings is 1. The van der Waals surface area contributed by atoms with Crippen LogP contribution in [-0.4, -0.2) is 27.0 Å². The third-order valence-electron chi connectivity index (χ3n) is 3.13. The summed E-state index contributed by atoms with van der Waals surface area (Å²) >= 11 is 0. The molecule has 0 bridgehead atoms. The second kappa shape index (κ2) is 5.84. The molecule has 1 atom stereocenters. The standard InChI is InChI=1S/C14H19N3O2/c1-4-7-17-13(12(19-3)9-16-17)14(18)11-8-15-6-5-10(11)2/h5-6,8-9,14,18H,4,7H2,1-3H3. The molecule has 102 valence electrons. The van der Waals surface area contributed by atoms with Crippen molar-refractivity contribution in [2.75, 3.05) is 7.11 Å². The van der Waals surface area contributed by atoms with Crippen LogP contribution < -0.4 is 4.74 Å². The van der Waals surface area contributed by atoms with Crippen molar-refractivity contribution in [3.8, 4) is 5.75 Å². The molecule has 0 amide bonds. The highest BCUT2D eigenvalue weighted by Crippen LogP contribution is 2.31. The second-order valence-electron chi connectivity index (χ2n) is 4.46. The molecule has 2 aromatic heterocycles. The number of aliphatic hydroxyl groups is 1. The smallest absolute Gasteiger partial charge is 0.163 e. The van der Waals surface area contributed by atoms with Gasteiger partial charge in [-0.3, -0.25) is 9.67 Å². The summed E-state index contributed by atoms with van der Waals surface area (Å²) in [6, 6.07) is 1.88. The molecule has 2 rings (SSSR count). The molecule has 1 N–H and O–H groups in total. The molecule has 0 radical (unpaired) electrons. The number of aryl methyl sites for hydroxylation is 2. The number of hydrogen-bond acceptors (Lipinski definition) is 4. The minimum atomic E-state index is -0.780. The van der Waals surface area contributed by atoms with Crippen LogP contribution in [0.4, 0.5) is 0 Å². The van der Waals surface area contributed by atoms with E-state index in [1.165, 1.54) is 0 Å². The van der Waals surface area contributed by atoms with E-state index in [0.717, 1.165) is 24.1 Å². The van der Waals surface area contributed by atoms with Gasteiger partial charge in [0.05, 0.1) is 13.3 Å². The highest BCUT2D eigenvalue weighted by atomic mass is 16.5. The minimum Gasteiger partial charge on any atom is -0.493 e. The number of nitrogens with zero attached hydrogens (tertiary/aromatic N) is 3. The first kappa shape index (κ1) is 13.5. The predicted molar refractivity (Wildman–Crippen MR) is 72.1 cm³/mol. The van der Waals surface area contributed by atoms with Gasteiger partial charge in [-0.15, -0.1) is 0 Å². The summed E-state index contributed by atoms with van der Waals surface area (Å²) in [5.74, 6) is 0.601. The number of rotatable bonds is 5. The molecule has 1 unspecified atom stereocenters. The van der Waals surface area contributed by atoms with Crippen LogP contribution >= 0.6 is 0 Å². The van der Waals surface area contributed by atoms with Crippen molar-refractivity contribution >= 4 is 0 Å². The number of hydrogen-bond donors (Lipinski definition) is 1. The molecule has 0 aromatic carbocycles. The molecule has 0 aliphatic heterocycles. The minimum absolute atomic E-state index is 0.601. The molecule has 2 aromatic rings. The molecule has 19 heavy (non-hydrogen) atoms. The van der Waals surface area contributed by atoms with E-state index >= 15 is 0 Å². The summed E-state index contributed by atoms with van der Waals surface area (Å²) in [5, 5.41) is 14.9. The van der Waals surface area contributed by atoms with Gasteiger partial charge >= 0.3 is 0 Å². The van der Waals surface area contributed by atoms with Crippen LogP contribution in [0, 0.1) is 6.92 Å². The molecule has 5 nitrogen and oxygen atoms in total. The molecule has 5 heteroatoms. The Balaban J connectivity index is 2.45. The van der Waals surface area contributed by atoms with Crippen molar-refractivity contribution in [3.63, 3.8) is 0 Å². The van der Waals surface area contributed by atoms with Gasteiger partial charge in [0, 0.05) is 24.5 Å². The average Bonchev–Trinajstić information content (AvgIpc) is 2.82. The Bertz CT molecular complexity index is 551. The molecular weight excluding hydrogens is 242 g/mol. The van der Waals surface area contributed by atoms with Crippen LogP contribution in [0.1, 0.15) is 36.3 Å². The van der Waals surface area contributed by atoms with Crippen molar-refractivity contribution in [2.45, 2.75) is 32.9 Å². The maximum absolute atomic E-state index is 10.6. The first-order valence-corrected chi connectivity index (χ1v) is 6.37. The fourth-order valence-corrected chi connectivity index (χ4v) is 2.11. The lowest BCUT2D eigenvalue weighted by Gasteiger charge is -2.16. The molecule has 0 saturated carbocycles. The van der Waals surface area contributed by atoms with E-state index in [0.29, 0.717) is 11.4 Å². The number of aromatic nitrogens is 3. The van der Waals surface area contributed by atoms with E-state index in [1.54, 1.807) is 30.4 Å². The summed E-state index contributed by atoms with van der Waals surface area (Å²) in [6.07, 6.45) is 5.20. The first-order chi connectivity index (χ1) is 9.19. The Morgan fingerprint density at radius 1 is 1.42 bits per heavy atom. The average molecular weight is 261 g/mol. The van der Waals surface area contributed by atoms with Crippen molar-refractivity contribution in [1.82, 2.24) is 14.8 Å². The van der Waals surface area contributed by atoms with E-state index < -0.39 is 6.10 Å². The van der Waals surface area contributed by atoms with Gasteiger partial charge in [-0.25, -0.2) is 0 Å². The topological polar surface area (TPSA) is 60.2 Å². The van der Waals surface area contributed by atoms with E-state index in [-0.39, 0.29) is 0 Å². The number of aliphatic hydroxyl groups excluding tert-OH is 1. The third-order valence-corrected chi connectivity index (χ3v) is 3.13. The van der Waals surface area contributed by atoms with Crippen molar-refractivity contribution < 1.29 is 9.84 Å². The lowest BCUT2D eigenvalue weighted by molar-refractivity contribution is 0.201.